The van der Waals surface area contributed by atoms with Crippen LogP contribution in [0.5, 0.6) is 0 Å². The van der Waals surface area contributed by atoms with Crippen LogP contribution in [0.3, 0.4) is 0 Å². The summed E-state index contributed by atoms with van der Waals surface area (Å²) in [5.74, 6) is -1.60. The van der Waals surface area contributed by atoms with Crippen LogP contribution in [0.2, 0.25) is 0 Å². The molecule has 2 amide bonds. The van der Waals surface area contributed by atoms with Crippen molar-refractivity contribution in [2.24, 2.45) is 0 Å². The fraction of sp³-hybridized carbons (Fsp3) is 0.344. The molecule has 0 spiro atoms. The van der Waals surface area contributed by atoms with E-state index in [9.17, 15) is 19.5 Å². The van der Waals surface area contributed by atoms with Gasteiger partial charge in [0, 0.05) is 16.8 Å². The van der Waals surface area contributed by atoms with Crippen LogP contribution in [0.4, 0.5) is 5.69 Å². The number of carboxylic acid groups (broad SMARTS) is 1. The number of hydrogen-bond donors (Lipinski definition) is 3. The maximum Gasteiger partial charge on any atom is 0.336 e. The molecule has 3 rings (SSSR count). The van der Waals surface area contributed by atoms with Gasteiger partial charge in [-0.1, -0.05) is 64.1 Å². The average molecular weight is 515 g/mol. The van der Waals surface area contributed by atoms with Crippen molar-refractivity contribution in [3.8, 4) is 0 Å². The molecule has 0 aliphatic heterocycles. The van der Waals surface area contributed by atoms with E-state index in [0.717, 1.165) is 18.4 Å². The van der Waals surface area contributed by atoms with Crippen molar-refractivity contribution in [3.63, 3.8) is 0 Å². The van der Waals surface area contributed by atoms with Gasteiger partial charge in [0.15, 0.2) is 0 Å². The third-order valence-corrected chi connectivity index (χ3v) is 7.51. The molecule has 38 heavy (non-hydrogen) atoms. The SMILES string of the molecule is CCC(C)c1ccc(Cc2ccc(NC(=O)c3ccc(C(=O)O)c(C(=O)NC(C)(CC)CC)c3)cc2)cc1. The van der Waals surface area contributed by atoms with Crippen LogP contribution < -0.4 is 10.6 Å². The van der Waals surface area contributed by atoms with Gasteiger partial charge in [-0.15, -0.1) is 0 Å². The van der Waals surface area contributed by atoms with E-state index in [2.05, 4.69) is 48.7 Å². The van der Waals surface area contributed by atoms with Crippen molar-refractivity contribution in [3.05, 3.63) is 100 Å². The summed E-state index contributed by atoms with van der Waals surface area (Å²) >= 11 is 0. The Labute approximate surface area is 225 Å². The zero-order valence-corrected chi connectivity index (χ0v) is 22.9. The monoisotopic (exact) mass is 514 g/mol. The van der Waals surface area contributed by atoms with Crippen molar-refractivity contribution in [2.75, 3.05) is 5.32 Å². The second-order valence-electron chi connectivity index (χ2n) is 10.2. The van der Waals surface area contributed by atoms with E-state index in [1.807, 2.05) is 45.0 Å². The van der Waals surface area contributed by atoms with Gasteiger partial charge in [-0.2, -0.15) is 0 Å². The smallest absolute Gasteiger partial charge is 0.336 e. The number of aromatic carboxylic acids is 1. The standard InChI is InChI=1S/C32H38N2O4/c1-6-21(4)24-13-9-22(10-14-24)19-23-11-16-26(17-12-23)33-29(35)25-15-18-27(31(37)38)28(20-25)30(36)34-32(5,7-2)8-3/h9-18,20-21H,6-8,19H2,1-5H3,(H,33,35)(H,34,36)(H,37,38). The quantitative estimate of drug-likeness (QED) is 0.255. The molecule has 6 nitrogen and oxygen atoms in total. The van der Waals surface area contributed by atoms with E-state index in [-0.39, 0.29) is 16.7 Å². The largest absolute Gasteiger partial charge is 0.478 e. The summed E-state index contributed by atoms with van der Waals surface area (Å²) in [5.41, 5.74) is 3.87. The summed E-state index contributed by atoms with van der Waals surface area (Å²) in [4.78, 5) is 37.7. The summed E-state index contributed by atoms with van der Waals surface area (Å²) in [6.07, 6.45) is 3.29. The Morgan fingerprint density at radius 1 is 0.816 bits per heavy atom. The van der Waals surface area contributed by atoms with E-state index >= 15 is 0 Å². The molecule has 0 saturated carbocycles. The number of hydrogen-bond acceptors (Lipinski definition) is 3. The Balaban J connectivity index is 1.72. The fourth-order valence-corrected chi connectivity index (χ4v) is 4.17. The predicted molar refractivity (Wildman–Crippen MR) is 152 cm³/mol. The van der Waals surface area contributed by atoms with Gasteiger partial charge in [0.1, 0.15) is 0 Å². The molecule has 0 fully saturated rings. The number of carboxylic acids is 1. The van der Waals surface area contributed by atoms with Gasteiger partial charge in [-0.05, 0) is 85.5 Å². The Kier molecular flexibility index (Phi) is 9.45. The van der Waals surface area contributed by atoms with Crippen molar-refractivity contribution < 1.29 is 19.5 Å². The normalized spacial score (nSPS) is 12.0. The molecule has 0 radical (unpaired) electrons. The summed E-state index contributed by atoms with van der Waals surface area (Å²) in [5, 5.41) is 15.4. The van der Waals surface area contributed by atoms with Gasteiger partial charge in [-0.3, -0.25) is 9.59 Å². The Morgan fingerprint density at radius 3 is 1.92 bits per heavy atom. The molecule has 1 atom stereocenters. The first kappa shape index (κ1) is 28.6. The maximum absolute atomic E-state index is 13.0. The highest BCUT2D eigenvalue weighted by molar-refractivity contribution is 6.09. The first-order valence-corrected chi connectivity index (χ1v) is 13.3. The molecule has 1 unspecified atom stereocenters. The van der Waals surface area contributed by atoms with E-state index in [4.69, 9.17) is 0 Å². The predicted octanol–water partition coefficient (Wildman–Crippen LogP) is 7.05. The van der Waals surface area contributed by atoms with E-state index in [1.54, 1.807) is 0 Å². The average Bonchev–Trinajstić information content (AvgIpc) is 2.93. The Morgan fingerprint density at radius 2 is 1.39 bits per heavy atom. The molecule has 3 N–H and O–H groups in total. The van der Waals surface area contributed by atoms with Gasteiger partial charge < -0.3 is 15.7 Å². The van der Waals surface area contributed by atoms with Gasteiger partial charge >= 0.3 is 5.97 Å². The molecule has 0 aromatic heterocycles. The molecule has 3 aromatic carbocycles. The van der Waals surface area contributed by atoms with Crippen LogP contribution in [0.15, 0.2) is 66.7 Å². The summed E-state index contributed by atoms with van der Waals surface area (Å²) < 4.78 is 0. The third kappa shape index (κ3) is 7.09. The van der Waals surface area contributed by atoms with Crippen LogP contribution >= 0.6 is 0 Å². The van der Waals surface area contributed by atoms with Crippen LogP contribution in [0.1, 0.15) is 108 Å². The zero-order valence-electron chi connectivity index (χ0n) is 22.9. The van der Waals surface area contributed by atoms with Crippen molar-refractivity contribution >= 4 is 23.5 Å². The molecule has 0 bridgehead atoms. The lowest BCUT2D eigenvalue weighted by molar-refractivity contribution is 0.0688. The first-order valence-electron chi connectivity index (χ1n) is 13.3. The van der Waals surface area contributed by atoms with Crippen LogP contribution in [0.25, 0.3) is 0 Å². The number of carbonyl (C=O) groups is 3. The second-order valence-corrected chi connectivity index (χ2v) is 10.2. The van der Waals surface area contributed by atoms with E-state index in [0.29, 0.717) is 24.4 Å². The zero-order chi connectivity index (χ0) is 27.9. The van der Waals surface area contributed by atoms with Gasteiger partial charge in [0.05, 0.1) is 11.1 Å². The molecule has 0 saturated heterocycles. The third-order valence-electron chi connectivity index (χ3n) is 7.51. The highest BCUT2D eigenvalue weighted by atomic mass is 16.4. The highest BCUT2D eigenvalue weighted by Gasteiger charge is 2.26. The first-order chi connectivity index (χ1) is 18.1. The van der Waals surface area contributed by atoms with Crippen molar-refractivity contribution in [1.29, 1.82) is 0 Å². The molecule has 0 aliphatic rings. The number of amides is 2. The Hall–Kier alpha value is -3.93. The van der Waals surface area contributed by atoms with Crippen LogP contribution in [0, 0.1) is 0 Å². The minimum atomic E-state index is -1.22. The fourth-order valence-electron chi connectivity index (χ4n) is 4.17. The van der Waals surface area contributed by atoms with E-state index < -0.39 is 23.3 Å². The maximum atomic E-state index is 13.0. The number of benzene rings is 3. The lowest BCUT2D eigenvalue weighted by atomic mass is 9.94. The molecule has 6 heteroatoms. The second kappa shape index (κ2) is 12.5. The number of nitrogens with one attached hydrogen (secondary N) is 2. The van der Waals surface area contributed by atoms with Crippen LogP contribution in [-0.4, -0.2) is 28.4 Å². The Bertz CT molecular complexity index is 1280. The van der Waals surface area contributed by atoms with Crippen LogP contribution in [-0.2, 0) is 6.42 Å². The molecular formula is C32H38N2O4. The van der Waals surface area contributed by atoms with E-state index in [1.165, 1.54) is 29.3 Å². The molecular weight excluding hydrogens is 476 g/mol. The van der Waals surface area contributed by atoms with Crippen molar-refractivity contribution in [1.82, 2.24) is 5.32 Å². The minimum Gasteiger partial charge on any atom is -0.478 e. The lowest BCUT2D eigenvalue weighted by Gasteiger charge is -2.28. The lowest BCUT2D eigenvalue weighted by Crippen LogP contribution is -2.45. The highest BCUT2D eigenvalue weighted by Crippen LogP contribution is 2.22. The molecule has 0 heterocycles. The summed E-state index contributed by atoms with van der Waals surface area (Å²) in [6, 6.07) is 20.4. The topological polar surface area (TPSA) is 95.5 Å². The minimum absolute atomic E-state index is 0.0343. The molecule has 3 aromatic rings. The van der Waals surface area contributed by atoms with Crippen molar-refractivity contribution in [2.45, 2.75) is 71.8 Å². The molecule has 0 aliphatic carbocycles. The number of carbonyl (C=O) groups excluding carboxylic acids is 2. The number of anilines is 1. The van der Waals surface area contributed by atoms with Gasteiger partial charge in [0.2, 0.25) is 0 Å². The summed E-state index contributed by atoms with van der Waals surface area (Å²) in [7, 11) is 0. The summed E-state index contributed by atoms with van der Waals surface area (Å²) in [6.45, 7) is 10.2. The number of rotatable bonds is 11. The van der Waals surface area contributed by atoms with Gasteiger partial charge in [-0.25, -0.2) is 4.79 Å². The molecule has 200 valence electrons. The van der Waals surface area contributed by atoms with Gasteiger partial charge in [0.25, 0.3) is 11.8 Å².